The molecule has 0 aliphatic heterocycles. The molecule has 0 radical (unpaired) electrons. The lowest BCUT2D eigenvalue weighted by atomic mass is 10.0. The second-order valence-electron chi connectivity index (χ2n) is 4.43. The van der Waals surface area contributed by atoms with Crippen molar-refractivity contribution in [2.24, 2.45) is 0 Å². The molecule has 0 saturated heterocycles. The fourth-order valence-electron chi connectivity index (χ4n) is 1.20. The van der Waals surface area contributed by atoms with E-state index in [2.05, 4.69) is 43.4 Å². The zero-order valence-corrected chi connectivity index (χ0v) is 11.7. The first-order valence-electron chi connectivity index (χ1n) is 5.59. The molecule has 0 aromatic heterocycles. The van der Waals surface area contributed by atoms with Crippen LogP contribution >= 0.6 is 23.4 Å². The summed E-state index contributed by atoms with van der Waals surface area (Å²) in [7, 11) is 0. The third kappa shape index (κ3) is 4.77. The molecule has 1 rings (SSSR count). The molecule has 1 atom stereocenters. The minimum absolute atomic E-state index is 0.00119. The van der Waals surface area contributed by atoms with Gasteiger partial charge in [-0.1, -0.05) is 18.2 Å². The molecule has 0 heterocycles. The number of alkyl halides is 1. The highest BCUT2D eigenvalue weighted by Gasteiger charge is 2.22. The van der Waals surface area contributed by atoms with Crippen LogP contribution in [0.25, 0.3) is 0 Å². The number of hydrogen-bond acceptors (Lipinski definition) is 2. The monoisotopic (exact) mass is 257 g/mol. The Hall–Kier alpha value is -0.180. The van der Waals surface area contributed by atoms with E-state index in [-0.39, 0.29) is 10.9 Å². The Morgan fingerprint density at radius 1 is 1.31 bits per heavy atom. The number of benzene rings is 1. The third-order valence-corrected chi connectivity index (χ3v) is 4.25. The van der Waals surface area contributed by atoms with Gasteiger partial charge in [0, 0.05) is 28.1 Å². The summed E-state index contributed by atoms with van der Waals surface area (Å²) in [5, 5.41) is 3.61. The van der Waals surface area contributed by atoms with E-state index in [1.807, 2.05) is 24.8 Å². The average Bonchev–Trinajstić information content (AvgIpc) is 2.26. The summed E-state index contributed by atoms with van der Waals surface area (Å²) in [6.07, 6.45) is 0. The van der Waals surface area contributed by atoms with Crippen LogP contribution in [-0.4, -0.2) is 23.2 Å². The van der Waals surface area contributed by atoms with Crippen molar-refractivity contribution in [2.75, 3.05) is 12.3 Å². The molecule has 1 nitrogen and oxygen atoms in total. The van der Waals surface area contributed by atoms with Gasteiger partial charge in [0.15, 0.2) is 0 Å². The molecule has 0 fully saturated rings. The maximum Gasteiger partial charge on any atom is 0.0484 e. The van der Waals surface area contributed by atoms with E-state index >= 15 is 0 Å². The Bertz CT molecular complexity index is 298. The largest absolute Gasteiger partial charge is 0.310 e. The second kappa shape index (κ2) is 6.53. The summed E-state index contributed by atoms with van der Waals surface area (Å²) < 4.78 is 0. The van der Waals surface area contributed by atoms with E-state index in [1.165, 1.54) is 4.90 Å². The van der Waals surface area contributed by atoms with Crippen molar-refractivity contribution in [1.82, 2.24) is 5.32 Å². The summed E-state index contributed by atoms with van der Waals surface area (Å²) in [6, 6.07) is 10.5. The number of halogens is 1. The van der Waals surface area contributed by atoms with E-state index in [9.17, 15) is 0 Å². The van der Waals surface area contributed by atoms with Crippen LogP contribution in [0, 0.1) is 0 Å². The van der Waals surface area contributed by atoms with Crippen molar-refractivity contribution in [3.63, 3.8) is 0 Å². The van der Waals surface area contributed by atoms with Crippen LogP contribution in [0.2, 0.25) is 0 Å². The Morgan fingerprint density at radius 2 is 1.94 bits per heavy atom. The molecule has 3 heteroatoms. The molecule has 1 N–H and O–H groups in total. The second-order valence-corrected chi connectivity index (χ2v) is 6.25. The van der Waals surface area contributed by atoms with Crippen LogP contribution in [-0.2, 0) is 0 Å². The van der Waals surface area contributed by atoms with Crippen molar-refractivity contribution < 1.29 is 0 Å². The summed E-state index contributed by atoms with van der Waals surface area (Å²) >= 11 is 7.96. The molecule has 0 amide bonds. The zero-order chi connectivity index (χ0) is 12.0. The van der Waals surface area contributed by atoms with Gasteiger partial charge in [0.25, 0.3) is 0 Å². The van der Waals surface area contributed by atoms with Crippen molar-refractivity contribution in [3.8, 4) is 0 Å². The molecule has 0 bridgehead atoms. The number of thioether (sulfide) groups is 1. The molecule has 0 aliphatic carbocycles. The summed E-state index contributed by atoms with van der Waals surface area (Å²) in [5.41, 5.74) is -0.00119. The highest BCUT2D eigenvalue weighted by Crippen LogP contribution is 2.18. The lowest BCUT2D eigenvalue weighted by Gasteiger charge is -2.29. The van der Waals surface area contributed by atoms with Crippen LogP contribution in [0.4, 0.5) is 0 Å². The van der Waals surface area contributed by atoms with Crippen molar-refractivity contribution in [2.45, 2.75) is 36.6 Å². The van der Waals surface area contributed by atoms with Gasteiger partial charge in [-0.3, -0.25) is 0 Å². The highest BCUT2D eigenvalue weighted by molar-refractivity contribution is 7.99. The maximum absolute atomic E-state index is 6.10. The Balaban J connectivity index is 2.22. The van der Waals surface area contributed by atoms with Crippen LogP contribution in [0.5, 0.6) is 0 Å². The molecule has 90 valence electrons. The van der Waals surface area contributed by atoms with E-state index in [0.717, 1.165) is 12.3 Å². The topological polar surface area (TPSA) is 12.0 Å². The fourth-order valence-corrected chi connectivity index (χ4v) is 2.07. The smallest absolute Gasteiger partial charge is 0.0484 e. The number of nitrogens with one attached hydrogen (secondary N) is 1. The van der Waals surface area contributed by atoms with Gasteiger partial charge < -0.3 is 5.32 Å². The minimum Gasteiger partial charge on any atom is -0.310 e. The van der Waals surface area contributed by atoms with Gasteiger partial charge in [-0.05, 0) is 32.9 Å². The predicted octanol–water partition coefficient (Wildman–Crippen LogP) is 3.77. The molecule has 1 aromatic carbocycles. The Morgan fingerprint density at radius 3 is 2.50 bits per heavy atom. The molecule has 16 heavy (non-hydrogen) atoms. The van der Waals surface area contributed by atoms with E-state index in [4.69, 9.17) is 11.6 Å². The van der Waals surface area contributed by atoms with Crippen LogP contribution < -0.4 is 5.32 Å². The van der Waals surface area contributed by atoms with Gasteiger partial charge >= 0.3 is 0 Å². The minimum atomic E-state index is -0.00119. The molecule has 1 aromatic rings. The van der Waals surface area contributed by atoms with Gasteiger partial charge in [0.2, 0.25) is 0 Å². The summed E-state index contributed by atoms with van der Waals surface area (Å²) in [5.74, 6) is 1.07. The standard InChI is InChI=1S/C13H20ClNS/c1-11(14)13(2,3)15-9-10-16-12-7-5-4-6-8-12/h4-8,11,15H,9-10H2,1-3H3. The zero-order valence-electron chi connectivity index (χ0n) is 10.2. The SMILES string of the molecule is CC(Cl)C(C)(C)NCCSc1ccccc1. The quantitative estimate of drug-likeness (QED) is 0.473. The molecule has 0 spiro atoms. The third-order valence-electron chi connectivity index (χ3n) is 2.69. The van der Waals surface area contributed by atoms with E-state index < -0.39 is 0 Å². The van der Waals surface area contributed by atoms with Gasteiger partial charge in [0.05, 0.1) is 0 Å². The van der Waals surface area contributed by atoms with Crippen LogP contribution in [0.3, 0.4) is 0 Å². The Kier molecular flexibility index (Phi) is 5.67. The number of rotatable bonds is 6. The lowest BCUT2D eigenvalue weighted by Crippen LogP contribution is -2.46. The number of hydrogen-bond donors (Lipinski definition) is 1. The molecule has 0 saturated carbocycles. The first-order chi connectivity index (χ1) is 7.52. The van der Waals surface area contributed by atoms with Gasteiger partial charge in [0.1, 0.15) is 0 Å². The lowest BCUT2D eigenvalue weighted by molar-refractivity contribution is 0.394. The fraction of sp³-hybridized carbons (Fsp3) is 0.538. The summed E-state index contributed by atoms with van der Waals surface area (Å²) in [4.78, 5) is 1.32. The average molecular weight is 258 g/mol. The Labute approximate surface area is 108 Å². The molecular weight excluding hydrogens is 238 g/mol. The predicted molar refractivity (Wildman–Crippen MR) is 74.6 cm³/mol. The van der Waals surface area contributed by atoms with E-state index in [1.54, 1.807) is 0 Å². The normalized spacial score (nSPS) is 13.8. The van der Waals surface area contributed by atoms with Crippen LogP contribution in [0.1, 0.15) is 20.8 Å². The van der Waals surface area contributed by atoms with Crippen LogP contribution in [0.15, 0.2) is 35.2 Å². The highest BCUT2D eigenvalue weighted by atomic mass is 35.5. The first kappa shape index (κ1) is 13.9. The van der Waals surface area contributed by atoms with Gasteiger partial charge in [-0.25, -0.2) is 0 Å². The van der Waals surface area contributed by atoms with Gasteiger partial charge in [-0.2, -0.15) is 0 Å². The molecule has 0 aliphatic rings. The van der Waals surface area contributed by atoms with Crippen molar-refractivity contribution in [1.29, 1.82) is 0 Å². The van der Waals surface area contributed by atoms with E-state index in [0.29, 0.717) is 0 Å². The first-order valence-corrected chi connectivity index (χ1v) is 7.01. The molecular formula is C13H20ClNS. The van der Waals surface area contributed by atoms with Crippen molar-refractivity contribution in [3.05, 3.63) is 30.3 Å². The maximum atomic E-state index is 6.10. The van der Waals surface area contributed by atoms with Gasteiger partial charge in [-0.15, -0.1) is 23.4 Å². The molecule has 1 unspecified atom stereocenters. The van der Waals surface area contributed by atoms with Crippen molar-refractivity contribution >= 4 is 23.4 Å². The summed E-state index contributed by atoms with van der Waals surface area (Å²) in [6.45, 7) is 7.28.